The van der Waals surface area contributed by atoms with Crippen LogP contribution in [0, 0.1) is 5.92 Å². The first kappa shape index (κ1) is 19.9. The molecule has 7 heteroatoms. The highest BCUT2D eigenvalue weighted by Gasteiger charge is 2.23. The third kappa shape index (κ3) is 5.36. The van der Waals surface area contributed by atoms with E-state index >= 15 is 0 Å². The van der Waals surface area contributed by atoms with Crippen molar-refractivity contribution in [1.82, 2.24) is 14.9 Å². The minimum absolute atomic E-state index is 0.663. The van der Waals surface area contributed by atoms with Gasteiger partial charge in [-0.25, -0.2) is 9.97 Å². The lowest BCUT2D eigenvalue weighted by atomic mass is 9.90. The van der Waals surface area contributed by atoms with Crippen LogP contribution >= 0.6 is 0 Å². The van der Waals surface area contributed by atoms with Gasteiger partial charge in [0.15, 0.2) is 11.6 Å². The Morgan fingerprint density at radius 1 is 1.03 bits per heavy atom. The number of aromatic nitrogens is 2. The van der Waals surface area contributed by atoms with Crippen LogP contribution in [0.3, 0.4) is 0 Å². The Balaban J connectivity index is 1.29. The second-order valence-corrected chi connectivity index (χ2v) is 7.96. The van der Waals surface area contributed by atoms with E-state index in [0.717, 1.165) is 89.3 Å². The maximum absolute atomic E-state index is 6.43. The zero-order chi connectivity index (χ0) is 19.9. The van der Waals surface area contributed by atoms with E-state index in [1.165, 1.54) is 5.56 Å². The van der Waals surface area contributed by atoms with Crippen molar-refractivity contribution in [2.45, 2.75) is 19.3 Å². The molecule has 0 saturated carbocycles. The average molecular weight is 397 g/mol. The van der Waals surface area contributed by atoms with E-state index in [2.05, 4.69) is 55.4 Å². The van der Waals surface area contributed by atoms with Gasteiger partial charge < -0.3 is 20.7 Å². The third-order valence-electron chi connectivity index (χ3n) is 5.97. The van der Waals surface area contributed by atoms with Gasteiger partial charge in [0.25, 0.3) is 0 Å². The summed E-state index contributed by atoms with van der Waals surface area (Å²) >= 11 is 0. The molecular formula is C22H32N6O. The topological polar surface area (TPSA) is 79.5 Å². The number of nitrogens with one attached hydrogen (secondary N) is 1. The summed E-state index contributed by atoms with van der Waals surface area (Å²) in [6.45, 7) is 7.39. The molecule has 0 atom stereocenters. The van der Waals surface area contributed by atoms with E-state index < -0.39 is 0 Å². The van der Waals surface area contributed by atoms with Gasteiger partial charge >= 0.3 is 0 Å². The van der Waals surface area contributed by atoms with Crippen molar-refractivity contribution >= 4 is 17.3 Å². The molecule has 2 fully saturated rings. The molecular weight excluding hydrogens is 364 g/mol. The van der Waals surface area contributed by atoms with Gasteiger partial charge in [0.2, 0.25) is 0 Å². The molecule has 156 valence electrons. The van der Waals surface area contributed by atoms with E-state index in [9.17, 15) is 0 Å². The van der Waals surface area contributed by atoms with Crippen LogP contribution in [0.2, 0.25) is 0 Å². The molecule has 3 N–H and O–H groups in total. The number of rotatable bonds is 7. The predicted octanol–water partition coefficient (Wildman–Crippen LogP) is 2.26. The van der Waals surface area contributed by atoms with Gasteiger partial charge in [-0.15, -0.1) is 0 Å². The van der Waals surface area contributed by atoms with E-state index in [0.29, 0.717) is 5.69 Å². The molecule has 2 aromatic rings. The number of nitrogens with zero attached hydrogens (tertiary/aromatic N) is 4. The summed E-state index contributed by atoms with van der Waals surface area (Å²) in [6, 6.07) is 10.8. The minimum atomic E-state index is 0.663. The molecule has 3 heterocycles. The Morgan fingerprint density at radius 2 is 1.79 bits per heavy atom. The molecule has 0 aliphatic carbocycles. The molecule has 0 spiro atoms. The second-order valence-electron chi connectivity index (χ2n) is 7.96. The summed E-state index contributed by atoms with van der Waals surface area (Å²) in [5.74, 6) is 2.34. The SMILES string of the molecule is Nc1c(NCCN2CCOCC2)ncnc1N1CCC(Cc2ccccc2)CC1. The number of morpholine rings is 1. The molecule has 2 aliphatic heterocycles. The lowest BCUT2D eigenvalue weighted by Crippen LogP contribution is -2.39. The molecule has 29 heavy (non-hydrogen) atoms. The molecule has 7 nitrogen and oxygen atoms in total. The molecule has 0 radical (unpaired) electrons. The Hall–Kier alpha value is -2.38. The van der Waals surface area contributed by atoms with E-state index in [1.807, 2.05) is 0 Å². The van der Waals surface area contributed by atoms with Crippen molar-refractivity contribution in [3.8, 4) is 0 Å². The molecule has 0 amide bonds. The average Bonchev–Trinajstić information content (AvgIpc) is 2.77. The molecule has 2 aliphatic rings. The van der Waals surface area contributed by atoms with Gasteiger partial charge in [-0.2, -0.15) is 0 Å². The fraction of sp³-hybridized carbons (Fsp3) is 0.545. The van der Waals surface area contributed by atoms with Gasteiger partial charge in [0, 0.05) is 39.3 Å². The molecule has 4 rings (SSSR count). The zero-order valence-corrected chi connectivity index (χ0v) is 17.1. The highest BCUT2D eigenvalue weighted by atomic mass is 16.5. The second kappa shape index (κ2) is 9.89. The highest BCUT2D eigenvalue weighted by Crippen LogP contribution is 2.30. The van der Waals surface area contributed by atoms with Crippen molar-refractivity contribution in [2.75, 3.05) is 68.4 Å². The van der Waals surface area contributed by atoms with Crippen LogP contribution in [0.5, 0.6) is 0 Å². The first-order valence-corrected chi connectivity index (χ1v) is 10.7. The Kier molecular flexibility index (Phi) is 6.79. The third-order valence-corrected chi connectivity index (χ3v) is 5.97. The van der Waals surface area contributed by atoms with Crippen LogP contribution in [0.25, 0.3) is 0 Å². The zero-order valence-electron chi connectivity index (χ0n) is 17.1. The molecule has 1 aromatic carbocycles. The van der Waals surface area contributed by atoms with Crippen LogP contribution in [-0.4, -0.2) is 67.4 Å². The summed E-state index contributed by atoms with van der Waals surface area (Å²) in [7, 11) is 0. The number of nitrogens with two attached hydrogens (primary N) is 1. The van der Waals surface area contributed by atoms with E-state index in [1.54, 1.807) is 6.33 Å². The lowest BCUT2D eigenvalue weighted by Gasteiger charge is -2.33. The molecule has 2 saturated heterocycles. The number of nitrogen functional groups attached to an aromatic ring is 1. The van der Waals surface area contributed by atoms with Crippen LogP contribution in [-0.2, 0) is 11.2 Å². The summed E-state index contributed by atoms with van der Waals surface area (Å²) < 4.78 is 5.40. The van der Waals surface area contributed by atoms with Crippen molar-refractivity contribution in [3.05, 3.63) is 42.2 Å². The van der Waals surface area contributed by atoms with E-state index in [4.69, 9.17) is 10.5 Å². The predicted molar refractivity (Wildman–Crippen MR) is 117 cm³/mol. The number of benzene rings is 1. The maximum Gasteiger partial charge on any atom is 0.157 e. The Morgan fingerprint density at radius 3 is 2.55 bits per heavy atom. The fourth-order valence-electron chi connectivity index (χ4n) is 4.23. The summed E-state index contributed by atoms with van der Waals surface area (Å²) in [5.41, 5.74) is 8.52. The van der Waals surface area contributed by atoms with Crippen LogP contribution in [0.4, 0.5) is 17.3 Å². The fourth-order valence-corrected chi connectivity index (χ4v) is 4.23. The standard InChI is InChI=1S/C22H32N6O/c23-20-21(24-8-11-27-12-14-29-15-13-27)25-17-26-22(20)28-9-6-19(7-10-28)16-18-4-2-1-3-5-18/h1-5,17,19H,6-16,23H2,(H,24,25,26). The van der Waals surface area contributed by atoms with Gasteiger partial charge in [-0.3, -0.25) is 4.90 Å². The number of ether oxygens (including phenoxy) is 1. The summed E-state index contributed by atoms with van der Waals surface area (Å²) in [5, 5.41) is 3.40. The Bertz CT molecular complexity index is 757. The highest BCUT2D eigenvalue weighted by molar-refractivity contribution is 5.74. The lowest BCUT2D eigenvalue weighted by molar-refractivity contribution is 0.0398. The molecule has 0 unspecified atom stereocenters. The maximum atomic E-state index is 6.43. The van der Waals surface area contributed by atoms with Gasteiger partial charge in [-0.1, -0.05) is 30.3 Å². The normalized spacial score (nSPS) is 18.7. The summed E-state index contributed by atoms with van der Waals surface area (Å²) in [6.07, 6.45) is 5.11. The first-order chi connectivity index (χ1) is 14.3. The largest absolute Gasteiger partial charge is 0.393 e. The smallest absolute Gasteiger partial charge is 0.157 e. The van der Waals surface area contributed by atoms with Crippen LogP contribution in [0.15, 0.2) is 36.7 Å². The van der Waals surface area contributed by atoms with Crippen molar-refractivity contribution in [2.24, 2.45) is 5.92 Å². The molecule has 0 bridgehead atoms. The van der Waals surface area contributed by atoms with Crippen molar-refractivity contribution < 1.29 is 4.74 Å². The number of hydrogen-bond donors (Lipinski definition) is 2. The summed E-state index contributed by atoms with van der Waals surface area (Å²) in [4.78, 5) is 13.6. The van der Waals surface area contributed by atoms with Crippen molar-refractivity contribution in [1.29, 1.82) is 0 Å². The van der Waals surface area contributed by atoms with Gasteiger partial charge in [0.05, 0.1) is 13.2 Å². The van der Waals surface area contributed by atoms with Gasteiger partial charge in [0.1, 0.15) is 12.0 Å². The number of hydrogen-bond acceptors (Lipinski definition) is 7. The van der Waals surface area contributed by atoms with Crippen molar-refractivity contribution in [3.63, 3.8) is 0 Å². The number of piperidine rings is 1. The Labute approximate surface area is 173 Å². The quantitative estimate of drug-likeness (QED) is 0.743. The van der Waals surface area contributed by atoms with E-state index in [-0.39, 0.29) is 0 Å². The minimum Gasteiger partial charge on any atom is -0.393 e. The number of anilines is 3. The molecule has 1 aromatic heterocycles. The van der Waals surface area contributed by atoms with Crippen LogP contribution in [0.1, 0.15) is 18.4 Å². The van der Waals surface area contributed by atoms with Gasteiger partial charge in [-0.05, 0) is 30.7 Å². The first-order valence-electron chi connectivity index (χ1n) is 10.7. The van der Waals surface area contributed by atoms with Crippen LogP contribution < -0.4 is 16.0 Å². The monoisotopic (exact) mass is 396 g/mol.